The normalized spacial score (nSPS) is 11.2. The van der Waals surface area contributed by atoms with Crippen molar-refractivity contribution >= 4 is 10.9 Å². The van der Waals surface area contributed by atoms with Crippen molar-refractivity contribution in [2.75, 3.05) is 0 Å². The molecule has 1 N–H and O–H groups in total. The molecule has 0 amide bonds. The number of aromatic hydroxyl groups is 1. The number of phenols is 1. The van der Waals surface area contributed by atoms with Gasteiger partial charge < -0.3 is 5.11 Å². The zero-order valence-corrected chi connectivity index (χ0v) is 11.8. The summed E-state index contributed by atoms with van der Waals surface area (Å²) in [7, 11) is 0. The topological polar surface area (TPSA) is 68.0 Å². The van der Waals surface area contributed by atoms with Gasteiger partial charge in [0.15, 0.2) is 0 Å². The molecule has 3 rings (SSSR count). The maximum absolute atomic E-state index is 11.7. The average Bonchev–Trinajstić information content (AvgIpc) is 2.48. The maximum Gasteiger partial charge on any atom is 0.299 e. The van der Waals surface area contributed by atoms with Crippen molar-refractivity contribution in [2.24, 2.45) is 0 Å². The second-order valence-electron chi connectivity index (χ2n) is 5.23. The van der Waals surface area contributed by atoms with E-state index < -0.39 is 0 Å². The van der Waals surface area contributed by atoms with E-state index in [1.807, 2.05) is 12.1 Å². The van der Waals surface area contributed by atoms with E-state index in [0.717, 1.165) is 5.56 Å². The van der Waals surface area contributed by atoms with Crippen LogP contribution in [0.1, 0.15) is 25.3 Å². The number of hydrogen-bond donors (Lipinski definition) is 1. The molecule has 5 heteroatoms. The molecule has 0 unspecified atom stereocenters. The predicted molar refractivity (Wildman–Crippen MR) is 80.9 cm³/mol. The highest BCUT2D eigenvalue weighted by atomic mass is 16.3. The van der Waals surface area contributed by atoms with Crippen LogP contribution in [0.3, 0.4) is 0 Å². The third kappa shape index (κ3) is 2.27. The SMILES string of the molecule is CC(C)c1ccc(-n2nnc(=O)c3ccccc32)c(O)c1. The molecule has 0 fully saturated rings. The van der Waals surface area contributed by atoms with E-state index in [2.05, 4.69) is 24.2 Å². The minimum Gasteiger partial charge on any atom is -0.506 e. The Morgan fingerprint density at radius 2 is 1.90 bits per heavy atom. The molecule has 106 valence electrons. The molecule has 0 saturated carbocycles. The van der Waals surface area contributed by atoms with E-state index in [1.54, 1.807) is 30.3 Å². The average molecular weight is 281 g/mol. The Morgan fingerprint density at radius 3 is 2.62 bits per heavy atom. The molecular formula is C16H15N3O2. The smallest absolute Gasteiger partial charge is 0.299 e. The summed E-state index contributed by atoms with van der Waals surface area (Å²) >= 11 is 0. The number of hydrogen-bond acceptors (Lipinski definition) is 4. The summed E-state index contributed by atoms with van der Waals surface area (Å²) in [5, 5.41) is 18.3. The Kier molecular flexibility index (Phi) is 3.17. The van der Waals surface area contributed by atoms with E-state index in [0.29, 0.717) is 22.5 Å². The van der Waals surface area contributed by atoms with Gasteiger partial charge >= 0.3 is 0 Å². The Balaban J connectivity index is 2.26. The first kappa shape index (κ1) is 13.3. The van der Waals surface area contributed by atoms with Crippen LogP contribution in [-0.2, 0) is 0 Å². The van der Waals surface area contributed by atoms with Crippen LogP contribution in [0.2, 0.25) is 0 Å². The summed E-state index contributed by atoms with van der Waals surface area (Å²) in [6.07, 6.45) is 0. The molecule has 0 bridgehead atoms. The summed E-state index contributed by atoms with van der Waals surface area (Å²) in [6.45, 7) is 4.12. The Morgan fingerprint density at radius 1 is 1.14 bits per heavy atom. The lowest BCUT2D eigenvalue weighted by Gasteiger charge is -2.12. The van der Waals surface area contributed by atoms with Crippen LogP contribution >= 0.6 is 0 Å². The molecule has 5 nitrogen and oxygen atoms in total. The fourth-order valence-electron chi connectivity index (χ4n) is 2.28. The molecule has 0 spiro atoms. The molecule has 0 radical (unpaired) electrons. The van der Waals surface area contributed by atoms with Gasteiger partial charge in [0.25, 0.3) is 5.56 Å². The summed E-state index contributed by atoms with van der Waals surface area (Å²) in [4.78, 5) is 11.7. The Bertz CT molecular complexity index is 869. The molecular weight excluding hydrogens is 266 g/mol. The summed E-state index contributed by atoms with van der Waals surface area (Å²) in [6, 6.07) is 12.5. The first-order valence-corrected chi connectivity index (χ1v) is 6.76. The molecule has 21 heavy (non-hydrogen) atoms. The van der Waals surface area contributed by atoms with Gasteiger partial charge in [-0.2, -0.15) is 0 Å². The Labute approximate surface area is 121 Å². The molecule has 1 heterocycles. The van der Waals surface area contributed by atoms with Gasteiger partial charge in [-0.15, -0.1) is 0 Å². The largest absolute Gasteiger partial charge is 0.506 e. The quantitative estimate of drug-likeness (QED) is 0.784. The van der Waals surface area contributed by atoms with Gasteiger partial charge in [-0.05, 0) is 35.7 Å². The lowest BCUT2D eigenvalue weighted by atomic mass is 10.0. The monoisotopic (exact) mass is 281 g/mol. The van der Waals surface area contributed by atoms with Crippen molar-refractivity contribution in [3.05, 3.63) is 58.4 Å². The van der Waals surface area contributed by atoms with Crippen LogP contribution in [0.25, 0.3) is 16.6 Å². The lowest BCUT2D eigenvalue weighted by molar-refractivity contribution is 0.468. The van der Waals surface area contributed by atoms with Crippen molar-refractivity contribution in [3.63, 3.8) is 0 Å². The van der Waals surface area contributed by atoms with Gasteiger partial charge in [0.05, 0.1) is 10.9 Å². The van der Waals surface area contributed by atoms with E-state index in [-0.39, 0.29) is 11.3 Å². The van der Waals surface area contributed by atoms with Gasteiger partial charge in [-0.3, -0.25) is 4.79 Å². The molecule has 2 aromatic carbocycles. The minimum atomic E-state index is -0.375. The highest BCUT2D eigenvalue weighted by molar-refractivity contribution is 5.79. The molecule has 0 aliphatic rings. The van der Waals surface area contributed by atoms with Crippen LogP contribution in [0, 0.1) is 0 Å². The lowest BCUT2D eigenvalue weighted by Crippen LogP contribution is -2.16. The van der Waals surface area contributed by atoms with Crippen LogP contribution < -0.4 is 5.56 Å². The minimum absolute atomic E-state index is 0.115. The number of nitrogens with zero attached hydrogens (tertiary/aromatic N) is 3. The molecule has 0 aliphatic carbocycles. The van der Waals surface area contributed by atoms with Gasteiger partial charge in [-0.1, -0.05) is 42.4 Å². The summed E-state index contributed by atoms with van der Waals surface area (Å²) in [5.74, 6) is 0.436. The maximum atomic E-state index is 11.7. The van der Waals surface area contributed by atoms with Crippen LogP contribution in [0.15, 0.2) is 47.3 Å². The number of benzene rings is 2. The number of fused-ring (bicyclic) bond motifs is 1. The highest BCUT2D eigenvalue weighted by Gasteiger charge is 2.11. The van der Waals surface area contributed by atoms with E-state index in [1.165, 1.54) is 4.68 Å². The van der Waals surface area contributed by atoms with Crippen molar-refractivity contribution in [2.45, 2.75) is 19.8 Å². The number of aromatic nitrogens is 3. The third-order valence-electron chi connectivity index (χ3n) is 3.48. The van der Waals surface area contributed by atoms with Gasteiger partial charge in [0.1, 0.15) is 11.4 Å². The van der Waals surface area contributed by atoms with Crippen molar-refractivity contribution in [1.82, 2.24) is 15.0 Å². The zero-order valence-electron chi connectivity index (χ0n) is 11.8. The van der Waals surface area contributed by atoms with E-state index in [4.69, 9.17) is 0 Å². The summed E-state index contributed by atoms with van der Waals surface area (Å²) in [5.41, 5.74) is 1.78. The molecule has 1 aromatic heterocycles. The highest BCUT2D eigenvalue weighted by Crippen LogP contribution is 2.27. The van der Waals surface area contributed by atoms with Crippen LogP contribution in [0.4, 0.5) is 0 Å². The second-order valence-corrected chi connectivity index (χ2v) is 5.23. The number of rotatable bonds is 2. The first-order chi connectivity index (χ1) is 10.1. The van der Waals surface area contributed by atoms with Crippen LogP contribution in [-0.4, -0.2) is 20.1 Å². The second kappa shape index (κ2) is 5.01. The third-order valence-corrected chi connectivity index (χ3v) is 3.48. The fraction of sp³-hybridized carbons (Fsp3) is 0.188. The van der Waals surface area contributed by atoms with Gasteiger partial charge in [0.2, 0.25) is 0 Å². The predicted octanol–water partition coefficient (Wildman–Crippen LogP) is 2.61. The van der Waals surface area contributed by atoms with Gasteiger partial charge in [0, 0.05) is 0 Å². The summed E-state index contributed by atoms with van der Waals surface area (Å²) < 4.78 is 1.48. The van der Waals surface area contributed by atoms with Gasteiger partial charge in [-0.25, -0.2) is 4.68 Å². The fourth-order valence-corrected chi connectivity index (χ4v) is 2.28. The molecule has 0 saturated heterocycles. The van der Waals surface area contributed by atoms with Crippen molar-refractivity contribution in [1.29, 1.82) is 0 Å². The first-order valence-electron chi connectivity index (χ1n) is 6.76. The Hall–Kier alpha value is -2.69. The van der Waals surface area contributed by atoms with Crippen molar-refractivity contribution < 1.29 is 5.11 Å². The number of para-hydroxylation sites is 1. The van der Waals surface area contributed by atoms with E-state index >= 15 is 0 Å². The zero-order chi connectivity index (χ0) is 15.0. The number of phenolic OH excluding ortho intramolecular Hbond substituents is 1. The van der Waals surface area contributed by atoms with E-state index in [9.17, 15) is 9.90 Å². The molecule has 0 aliphatic heterocycles. The molecule has 3 aromatic rings. The molecule has 0 atom stereocenters. The van der Waals surface area contributed by atoms with Crippen molar-refractivity contribution in [3.8, 4) is 11.4 Å². The van der Waals surface area contributed by atoms with Crippen LogP contribution in [0.5, 0.6) is 5.75 Å². The standard InChI is InChI=1S/C16H15N3O2/c1-10(2)11-7-8-14(15(20)9-11)19-13-6-4-3-5-12(13)16(21)17-18-19/h3-10,20H,1-2H3.